The molecule has 0 aromatic carbocycles. The maximum Gasteiger partial charge on any atom is 0.267 e. The molecule has 1 aromatic heterocycles. The van der Waals surface area contributed by atoms with Gasteiger partial charge < -0.3 is 5.32 Å². The molecular formula is C10H14Cl2F2N2. The van der Waals surface area contributed by atoms with E-state index in [2.05, 4.69) is 10.3 Å². The zero-order chi connectivity index (χ0) is 10.0. The van der Waals surface area contributed by atoms with Crippen LogP contribution in [0, 0.1) is 0 Å². The number of alkyl halides is 2. The van der Waals surface area contributed by atoms with Crippen molar-refractivity contribution in [3.8, 4) is 0 Å². The molecule has 0 spiro atoms. The Morgan fingerprint density at radius 3 is 2.69 bits per heavy atom. The Bertz CT molecular complexity index is 309. The van der Waals surface area contributed by atoms with E-state index in [-0.39, 0.29) is 31.2 Å². The maximum absolute atomic E-state index is 13.5. The fraction of sp³-hybridized carbons (Fsp3) is 0.500. The largest absolute Gasteiger partial charge is 0.305 e. The van der Waals surface area contributed by atoms with Crippen LogP contribution in [0.25, 0.3) is 0 Å². The molecule has 16 heavy (non-hydrogen) atoms. The SMILES string of the molecule is Cl.Cl.FC1(F)CCCNC1c1cccnc1. The molecule has 0 bridgehead atoms. The highest BCUT2D eigenvalue weighted by atomic mass is 35.5. The predicted octanol–water partition coefficient (Wildman–Crippen LogP) is 2.99. The van der Waals surface area contributed by atoms with Gasteiger partial charge >= 0.3 is 0 Å². The summed E-state index contributed by atoms with van der Waals surface area (Å²) in [5.41, 5.74) is 0.567. The van der Waals surface area contributed by atoms with E-state index in [1.54, 1.807) is 18.3 Å². The van der Waals surface area contributed by atoms with Crippen molar-refractivity contribution in [2.24, 2.45) is 0 Å². The van der Waals surface area contributed by atoms with Crippen molar-refractivity contribution >= 4 is 24.8 Å². The molecule has 1 fully saturated rings. The van der Waals surface area contributed by atoms with Crippen molar-refractivity contribution in [1.29, 1.82) is 0 Å². The predicted molar refractivity (Wildman–Crippen MR) is 63.7 cm³/mol. The van der Waals surface area contributed by atoms with E-state index in [9.17, 15) is 8.78 Å². The lowest BCUT2D eigenvalue weighted by Gasteiger charge is -2.32. The molecule has 0 aliphatic carbocycles. The Kier molecular flexibility index (Phi) is 6.15. The van der Waals surface area contributed by atoms with Crippen LogP contribution in [0.4, 0.5) is 8.78 Å². The van der Waals surface area contributed by atoms with Crippen LogP contribution in [-0.4, -0.2) is 17.5 Å². The zero-order valence-corrected chi connectivity index (χ0v) is 10.2. The quantitative estimate of drug-likeness (QED) is 0.849. The summed E-state index contributed by atoms with van der Waals surface area (Å²) in [6, 6.07) is 2.50. The highest BCUT2D eigenvalue weighted by Crippen LogP contribution is 2.37. The van der Waals surface area contributed by atoms with Gasteiger partial charge in [-0.1, -0.05) is 6.07 Å². The molecule has 2 nitrogen and oxygen atoms in total. The summed E-state index contributed by atoms with van der Waals surface area (Å²) in [7, 11) is 0. The monoisotopic (exact) mass is 270 g/mol. The molecular weight excluding hydrogens is 257 g/mol. The lowest BCUT2D eigenvalue weighted by molar-refractivity contribution is -0.0620. The van der Waals surface area contributed by atoms with Gasteiger partial charge in [-0.3, -0.25) is 4.98 Å². The second-order valence-electron chi connectivity index (χ2n) is 3.54. The van der Waals surface area contributed by atoms with Crippen molar-refractivity contribution in [2.45, 2.75) is 24.8 Å². The summed E-state index contributed by atoms with van der Waals surface area (Å²) < 4.78 is 26.9. The van der Waals surface area contributed by atoms with Gasteiger partial charge in [0, 0.05) is 18.8 Å². The first kappa shape index (κ1) is 15.6. The highest BCUT2D eigenvalue weighted by molar-refractivity contribution is 5.85. The van der Waals surface area contributed by atoms with Crippen LogP contribution in [0.2, 0.25) is 0 Å². The number of aromatic nitrogens is 1. The minimum atomic E-state index is -2.65. The van der Waals surface area contributed by atoms with Gasteiger partial charge in [0.15, 0.2) is 0 Å². The average Bonchev–Trinajstić information content (AvgIpc) is 2.18. The lowest BCUT2D eigenvalue weighted by atomic mass is 9.95. The Morgan fingerprint density at radius 2 is 2.12 bits per heavy atom. The molecule has 1 aromatic rings. The van der Waals surface area contributed by atoms with Crippen molar-refractivity contribution in [2.75, 3.05) is 6.54 Å². The number of rotatable bonds is 1. The Labute approximate surface area is 106 Å². The van der Waals surface area contributed by atoms with Gasteiger partial charge in [0.1, 0.15) is 0 Å². The van der Waals surface area contributed by atoms with Crippen molar-refractivity contribution in [3.63, 3.8) is 0 Å². The molecule has 2 heterocycles. The molecule has 0 saturated carbocycles. The molecule has 0 amide bonds. The number of piperidine rings is 1. The number of hydrogen-bond acceptors (Lipinski definition) is 2. The number of nitrogens with one attached hydrogen (secondary N) is 1. The summed E-state index contributed by atoms with van der Waals surface area (Å²) >= 11 is 0. The van der Waals surface area contributed by atoms with Crippen LogP contribution >= 0.6 is 24.8 Å². The third-order valence-electron chi connectivity index (χ3n) is 2.48. The first-order valence-electron chi connectivity index (χ1n) is 4.71. The van der Waals surface area contributed by atoms with Crippen LogP contribution in [0.15, 0.2) is 24.5 Å². The fourth-order valence-electron chi connectivity index (χ4n) is 1.77. The van der Waals surface area contributed by atoms with Gasteiger partial charge in [0.2, 0.25) is 0 Å². The molecule has 92 valence electrons. The Hall–Kier alpha value is -0.450. The standard InChI is InChI=1S/C10H12F2N2.2ClH/c11-10(12)4-2-6-14-9(10)8-3-1-5-13-7-8;;/h1,3,5,7,9,14H,2,4,6H2;2*1H. The van der Waals surface area contributed by atoms with E-state index in [1.165, 1.54) is 6.20 Å². The summed E-state index contributed by atoms with van der Waals surface area (Å²) in [6.07, 6.45) is 3.57. The topological polar surface area (TPSA) is 24.9 Å². The molecule has 2 rings (SSSR count). The summed E-state index contributed by atoms with van der Waals surface area (Å²) in [5.74, 6) is -2.65. The highest BCUT2D eigenvalue weighted by Gasteiger charge is 2.42. The van der Waals surface area contributed by atoms with E-state index in [0.717, 1.165) is 0 Å². The van der Waals surface area contributed by atoms with Crippen LogP contribution in [0.3, 0.4) is 0 Å². The minimum Gasteiger partial charge on any atom is -0.305 e. The van der Waals surface area contributed by atoms with Gasteiger partial charge in [0.25, 0.3) is 5.92 Å². The van der Waals surface area contributed by atoms with Crippen molar-refractivity contribution < 1.29 is 8.78 Å². The second kappa shape index (κ2) is 6.33. The zero-order valence-electron chi connectivity index (χ0n) is 8.53. The fourth-order valence-corrected chi connectivity index (χ4v) is 1.77. The molecule has 1 unspecified atom stereocenters. The summed E-state index contributed by atoms with van der Waals surface area (Å²) in [6.45, 7) is 0.648. The number of pyridine rings is 1. The smallest absolute Gasteiger partial charge is 0.267 e. The lowest BCUT2D eigenvalue weighted by Crippen LogP contribution is -2.42. The van der Waals surface area contributed by atoms with E-state index >= 15 is 0 Å². The molecule has 1 N–H and O–H groups in total. The molecule has 6 heteroatoms. The van der Waals surface area contributed by atoms with Crippen LogP contribution < -0.4 is 5.32 Å². The van der Waals surface area contributed by atoms with Gasteiger partial charge in [-0.15, -0.1) is 24.8 Å². The van der Waals surface area contributed by atoms with Crippen LogP contribution in [0.1, 0.15) is 24.4 Å². The van der Waals surface area contributed by atoms with Crippen molar-refractivity contribution in [3.05, 3.63) is 30.1 Å². The van der Waals surface area contributed by atoms with E-state index in [4.69, 9.17) is 0 Å². The number of nitrogens with zero attached hydrogens (tertiary/aromatic N) is 1. The van der Waals surface area contributed by atoms with Gasteiger partial charge in [-0.2, -0.15) is 0 Å². The molecule has 1 aliphatic rings. The van der Waals surface area contributed by atoms with E-state index in [0.29, 0.717) is 18.5 Å². The molecule has 1 aliphatic heterocycles. The number of hydrogen-bond donors (Lipinski definition) is 1. The van der Waals surface area contributed by atoms with E-state index in [1.807, 2.05) is 0 Å². The Balaban J connectivity index is 0.00000112. The number of halogens is 4. The van der Waals surface area contributed by atoms with Gasteiger partial charge in [0.05, 0.1) is 6.04 Å². The normalized spacial score (nSPS) is 22.8. The summed E-state index contributed by atoms with van der Waals surface area (Å²) in [5, 5.41) is 2.84. The first-order valence-corrected chi connectivity index (χ1v) is 4.71. The second-order valence-corrected chi connectivity index (χ2v) is 3.54. The minimum absolute atomic E-state index is 0. The maximum atomic E-state index is 13.5. The molecule has 1 atom stereocenters. The average molecular weight is 271 g/mol. The third-order valence-corrected chi connectivity index (χ3v) is 2.48. The van der Waals surface area contributed by atoms with Gasteiger partial charge in [-0.05, 0) is 24.6 Å². The Morgan fingerprint density at radius 1 is 1.38 bits per heavy atom. The van der Waals surface area contributed by atoms with E-state index < -0.39 is 12.0 Å². The van der Waals surface area contributed by atoms with Crippen molar-refractivity contribution in [1.82, 2.24) is 10.3 Å². The molecule has 0 radical (unpaired) electrons. The summed E-state index contributed by atoms with van der Waals surface area (Å²) in [4.78, 5) is 3.85. The molecule has 1 saturated heterocycles. The van der Waals surface area contributed by atoms with Crippen LogP contribution in [0.5, 0.6) is 0 Å². The third kappa shape index (κ3) is 3.27. The van der Waals surface area contributed by atoms with Gasteiger partial charge in [-0.25, -0.2) is 8.78 Å². The first-order chi connectivity index (χ1) is 6.70. The van der Waals surface area contributed by atoms with Crippen LogP contribution in [-0.2, 0) is 0 Å².